The van der Waals surface area contributed by atoms with E-state index in [2.05, 4.69) is 10.3 Å². The van der Waals surface area contributed by atoms with Crippen molar-refractivity contribution in [3.05, 3.63) is 28.8 Å². The number of hydrogen-bond donors (Lipinski definition) is 1. The summed E-state index contributed by atoms with van der Waals surface area (Å²) in [6.45, 7) is 1.73. The topological polar surface area (TPSA) is 112 Å². The van der Waals surface area contributed by atoms with Gasteiger partial charge in [0.2, 0.25) is 11.8 Å². The van der Waals surface area contributed by atoms with Crippen LogP contribution in [0.3, 0.4) is 0 Å². The number of aromatic nitrogens is 2. The first-order valence-corrected chi connectivity index (χ1v) is 11.6. The van der Waals surface area contributed by atoms with Crippen molar-refractivity contribution in [2.45, 2.75) is 19.0 Å². The molecule has 1 N–H and O–H groups in total. The van der Waals surface area contributed by atoms with Crippen LogP contribution in [-0.2, 0) is 20.9 Å². The maximum absolute atomic E-state index is 12.9. The summed E-state index contributed by atoms with van der Waals surface area (Å²) in [4.78, 5) is 44.5. The molecule has 0 saturated carbocycles. The van der Waals surface area contributed by atoms with Crippen LogP contribution >= 0.6 is 11.8 Å². The van der Waals surface area contributed by atoms with Crippen LogP contribution in [0.1, 0.15) is 6.42 Å². The van der Waals surface area contributed by atoms with Gasteiger partial charge < -0.3 is 24.4 Å². The first-order chi connectivity index (χ1) is 15.5. The van der Waals surface area contributed by atoms with E-state index in [1.807, 2.05) is 6.26 Å². The van der Waals surface area contributed by atoms with Crippen LogP contribution in [0.15, 0.2) is 23.3 Å². The van der Waals surface area contributed by atoms with Gasteiger partial charge >= 0.3 is 0 Å². The lowest BCUT2D eigenvalue weighted by Gasteiger charge is -2.30. The SMILES string of the molecule is COc1cc2ncn(CC(=O)NC(CCSC)C(=O)N3CCOCC3)c(=O)c2cc1OC. The summed E-state index contributed by atoms with van der Waals surface area (Å²) < 4.78 is 17.0. The van der Waals surface area contributed by atoms with E-state index in [4.69, 9.17) is 14.2 Å². The first kappa shape index (κ1) is 23.9. The summed E-state index contributed by atoms with van der Waals surface area (Å²) in [6, 6.07) is 2.50. The number of methoxy groups -OCH3 is 2. The molecule has 10 nitrogen and oxygen atoms in total. The Balaban J connectivity index is 1.77. The van der Waals surface area contributed by atoms with Gasteiger partial charge in [-0.15, -0.1) is 0 Å². The molecule has 0 aliphatic carbocycles. The number of benzene rings is 1. The fourth-order valence-electron chi connectivity index (χ4n) is 3.49. The molecule has 1 unspecified atom stereocenters. The molecular formula is C21H28N4O6S. The van der Waals surface area contributed by atoms with Gasteiger partial charge in [0.05, 0.1) is 44.7 Å². The van der Waals surface area contributed by atoms with Crippen LogP contribution in [0.2, 0.25) is 0 Å². The average Bonchev–Trinajstić information content (AvgIpc) is 2.82. The fraction of sp³-hybridized carbons (Fsp3) is 0.524. The van der Waals surface area contributed by atoms with E-state index in [9.17, 15) is 14.4 Å². The van der Waals surface area contributed by atoms with E-state index in [1.165, 1.54) is 25.1 Å². The highest BCUT2D eigenvalue weighted by Crippen LogP contribution is 2.29. The van der Waals surface area contributed by atoms with E-state index in [0.717, 1.165) is 5.75 Å². The van der Waals surface area contributed by atoms with Gasteiger partial charge in [-0.05, 0) is 24.5 Å². The van der Waals surface area contributed by atoms with Crippen LogP contribution in [0.25, 0.3) is 10.9 Å². The monoisotopic (exact) mass is 464 g/mol. The highest BCUT2D eigenvalue weighted by Gasteiger charge is 2.27. The number of nitrogens with zero attached hydrogens (tertiary/aromatic N) is 3. The van der Waals surface area contributed by atoms with Gasteiger partial charge in [-0.1, -0.05) is 0 Å². The second-order valence-corrected chi connectivity index (χ2v) is 8.23. The lowest BCUT2D eigenvalue weighted by atomic mass is 10.2. The minimum atomic E-state index is -0.651. The fourth-order valence-corrected chi connectivity index (χ4v) is 3.96. The number of fused-ring (bicyclic) bond motifs is 1. The molecule has 1 aromatic carbocycles. The lowest BCUT2D eigenvalue weighted by Crippen LogP contribution is -2.52. The molecule has 0 bridgehead atoms. The van der Waals surface area contributed by atoms with Crippen molar-refractivity contribution in [3.63, 3.8) is 0 Å². The van der Waals surface area contributed by atoms with E-state index in [1.54, 1.807) is 28.8 Å². The van der Waals surface area contributed by atoms with Crippen LogP contribution in [-0.4, -0.2) is 84.8 Å². The van der Waals surface area contributed by atoms with Crippen LogP contribution < -0.4 is 20.3 Å². The Morgan fingerprint density at radius 2 is 1.91 bits per heavy atom. The summed E-state index contributed by atoms with van der Waals surface area (Å²) in [7, 11) is 2.98. The van der Waals surface area contributed by atoms with Gasteiger partial charge in [-0.3, -0.25) is 19.0 Å². The third-order valence-corrected chi connectivity index (χ3v) is 5.85. The Bertz CT molecular complexity index is 1020. The zero-order chi connectivity index (χ0) is 23.1. The molecule has 1 fully saturated rings. The largest absolute Gasteiger partial charge is 0.493 e. The molecule has 11 heteroatoms. The minimum absolute atomic E-state index is 0.128. The Morgan fingerprint density at radius 1 is 1.22 bits per heavy atom. The average molecular weight is 465 g/mol. The van der Waals surface area contributed by atoms with Gasteiger partial charge in [0.1, 0.15) is 12.6 Å². The molecule has 1 aromatic heterocycles. The summed E-state index contributed by atoms with van der Waals surface area (Å²) >= 11 is 1.60. The molecule has 1 atom stereocenters. The quantitative estimate of drug-likeness (QED) is 0.571. The van der Waals surface area contributed by atoms with E-state index < -0.39 is 11.9 Å². The number of rotatable bonds is 9. The molecule has 174 valence electrons. The Labute approximate surface area is 190 Å². The molecule has 3 rings (SSSR count). The molecule has 1 aliphatic rings. The van der Waals surface area contributed by atoms with Gasteiger partial charge in [0.25, 0.3) is 5.56 Å². The zero-order valence-electron chi connectivity index (χ0n) is 18.5. The predicted molar refractivity (Wildman–Crippen MR) is 121 cm³/mol. The summed E-state index contributed by atoms with van der Waals surface area (Å²) in [5, 5.41) is 3.10. The minimum Gasteiger partial charge on any atom is -0.493 e. The van der Waals surface area contributed by atoms with E-state index in [-0.39, 0.29) is 18.0 Å². The molecule has 1 saturated heterocycles. The number of carbonyl (C=O) groups is 2. The zero-order valence-corrected chi connectivity index (χ0v) is 19.3. The number of amides is 2. The lowest BCUT2D eigenvalue weighted by molar-refractivity contribution is -0.140. The molecule has 2 amide bonds. The van der Waals surface area contributed by atoms with Crippen molar-refractivity contribution in [2.75, 3.05) is 52.5 Å². The molecule has 1 aliphatic heterocycles. The Hall–Kier alpha value is -2.79. The Morgan fingerprint density at radius 3 is 2.56 bits per heavy atom. The van der Waals surface area contributed by atoms with Crippen LogP contribution in [0.4, 0.5) is 0 Å². The number of nitrogens with one attached hydrogen (secondary N) is 1. The van der Waals surface area contributed by atoms with Crippen molar-refractivity contribution >= 4 is 34.5 Å². The number of carbonyl (C=O) groups excluding carboxylic acids is 2. The maximum atomic E-state index is 12.9. The Kier molecular flexibility index (Phi) is 8.34. The normalized spacial score (nSPS) is 14.8. The molecule has 2 aromatic rings. The molecule has 32 heavy (non-hydrogen) atoms. The summed E-state index contributed by atoms with van der Waals surface area (Å²) in [6.07, 6.45) is 3.77. The van der Waals surface area contributed by atoms with Crippen LogP contribution in [0.5, 0.6) is 11.5 Å². The standard InChI is InChI=1S/C21H28N4O6S/c1-29-17-10-14-16(11-18(17)30-2)22-13-25(20(14)27)12-19(26)23-15(4-9-32-3)21(28)24-5-7-31-8-6-24/h10-11,13,15H,4-9,12H2,1-3H3,(H,23,26). The molecule has 0 radical (unpaired) electrons. The highest BCUT2D eigenvalue weighted by atomic mass is 32.2. The van der Waals surface area contributed by atoms with Gasteiger partial charge in [-0.25, -0.2) is 4.98 Å². The summed E-state index contributed by atoms with van der Waals surface area (Å²) in [5.74, 6) is 1.02. The maximum Gasteiger partial charge on any atom is 0.261 e. The van der Waals surface area contributed by atoms with Crippen LogP contribution in [0, 0.1) is 0 Å². The van der Waals surface area contributed by atoms with Gasteiger partial charge in [-0.2, -0.15) is 11.8 Å². The molecular weight excluding hydrogens is 436 g/mol. The number of thioether (sulfide) groups is 1. The van der Waals surface area contributed by atoms with Gasteiger partial charge in [0.15, 0.2) is 11.5 Å². The third kappa shape index (κ3) is 5.52. The van der Waals surface area contributed by atoms with Crippen molar-refractivity contribution in [2.24, 2.45) is 0 Å². The number of ether oxygens (including phenoxy) is 3. The number of morpholine rings is 1. The van der Waals surface area contributed by atoms with Crippen molar-refractivity contribution in [1.82, 2.24) is 19.8 Å². The van der Waals surface area contributed by atoms with E-state index in [0.29, 0.717) is 55.1 Å². The highest BCUT2D eigenvalue weighted by molar-refractivity contribution is 7.98. The van der Waals surface area contributed by atoms with Crippen molar-refractivity contribution in [3.8, 4) is 11.5 Å². The smallest absolute Gasteiger partial charge is 0.261 e. The van der Waals surface area contributed by atoms with E-state index >= 15 is 0 Å². The predicted octanol–water partition coefficient (Wildman–Crippen LogP) is 0.510. The van der Waals surface area contributed by atoms with Gasteiger partial charge in [0, 0.05) is 19.2 Å². The first-order valence-electron chi connectivity index (χ1n) is 10.2. The molecule has 2 heterocycles. The van der Waals surface area contributed by atoms with Crippen molar-refractivity contribution in [1.29, 1.82) is 0 Å². The number of hydrogen-bond acceptors (Lipinski definition) is 8. The van der Waals surface area contributed by atoms with Crippen molar-refractivity contribution < 1.29 is 23.8 Å². The molecule has 0 spiro atoms. The third-order valence-electron chi connectivity index (χ3n) is 5.21. The summed E-state index contributed by atoms with van der Waals surface area (Å²) in [5.41, 5.74) is 0.0518. The second-order valence-electron chi connectivity index (χ2n) is 7.24. The second kappa shape index (κ2) is 11.2.